The fraction of sp³-hybridized carbons (Fsp3) is 0.500. The van der Waals surface area contributed by atoms with Crippen molar-refractivity contribution in [3.8, 4) is 0 Å². The van der Waals surface area contributed by atoms with Crippen molar-refractivity contribution < 1.29 is 24.6 Å². The molecule has 15 heavy (non-hydrogen) atoms. The number of hydrogen-bond acceptors (Lipinski definition) is 4. The van der Waals surface area contributed by atoms with Gasteiger partial charge in [-0.25, -0.2) is 0 Å². The molecule has 1 aliphatic carbocycles. The van der Waals surface area contributed by atoms with Crippen molar-refractivity contribution in [3.63, 3.8) is 0 Å². The van der Waals surface area contributed by atoms with Crippen LogP contribution in [-0.2, 0) is 14.4 Å². The van der Waals surface area contributed by atoms with Crippen LogP contribution in [0.2, 0.25) is 0 Å². The number of carboxylic acids is 1. The standard InChI is InChI=1S/C10H12O5/c1-2-6(11)9-7(12)3-5(10(14)15)4-8(9)13/h5,11H,2-4H2,1H3,(H,14,15). The molecule has 0 amide bonds. The Bertz CT molecular complexity index is 333. The van der Waals surface area contributed by atoms with Crippen molar-refractivity contribution in [3.05, 3.63) is 11.3 Å². The Morgan fingerprint density at radius 1 is 1.27 bits per heavy atom. The van der Waals surface area contributed by atoms with Crippen molar-refractivity contribution in [1.29, 1.82) is 0 Å². The normalized spacial score (nSPS) is 21.7. The highest BCUT2D eigenvalue weighted by Crippen LogP contribution is 2.25. The number of rotatable bonds is 2. The van der Waals surface area contributed by atoms with E-state index in [4.69, 9.17) is 5.11 Å². The summed E-state index contributed by atoms with van der Waals surface area (Å²) in [5.41, 5.74) is -0.213. The first-order valence-corrected chi connectivity index (χ1v) is 4.68. The Kier molecular flexibility index (Phi) is 3.24. The summed E-state index contributed by atoms with van der Waals surface area (Å²) in [6.07, 6.45) is -0.217. The molecule has 0 spiro atoms. The zero-order chi connectivity index (χ0) is 11.6. The summed E-state index contributed by atoms with van der Waals surface area (Å²) >= 11 is 0. The molecule has 5 heteroatoms. The van der Waals surface area contributed by atoms with Crippen LogP contribution >= 0.6 is 0 Å². The Labute approximate surface area is 86.4 Å². The van der Waals surface area contributed by atoms with Gasteiger partial charge in [0, 0.05) is 19.3 Å². The van der Waals surface area contributed by atoms with E-state index >= 15 is 0 Å². The summed E-state index contributed by atoms with van der Waals surface area (Å²) < 4.78 is 0. The van der Waals surface area contributed by atoms with Gasteiger partial charge in [0.1, 0.15) is 5.76 Å². The fourth-order valence-electron chi connectivity index (χ4n) is 1.55. The molecule has 0 aliphatic heterocycles. The average Bonchev–Trinajstić information content (AvgIpc) is 2.16. The Balaban J connectivity index is 2.97. The summed E-state index contributed by atoms with van der Waals surface area (Å²) in [6.45, 7) is 1.62. The first kappa shape index (κ1) is 11.4. The number of aliphatic carboxylic acids is 1. The monoisotopic (exact) mass is 212 g/mol. The van der Waals surface area contributed by atoms with E-state index in [-0.39, 0.29) is 30.6 Å². The number of allylic oxidation sites excluding steroid dienone is 2. The Hall–Kier alpha value is -1.65. The average molecular weight is 212 g/mol. The predicted octanol–water partition coefficient (Wildman–Crippen LogP) is 0.841. The number of ketones is 2. The molecular formula is C10H12O5. The zero-order valence-corrected chi connectivity index (χ0v) is 8.32. The summed E-state index contributed by atoms with van der Waals surface area (Å²) in [4.78, 5) is 33.4. The second kappa shape index (κ2) is 4.25. The van der Waals surface area contributed by atoms with Gasteiger partial charge >= 0.3 is 5.97 Å². The van der Waals surface area contributed by atoms with Crippen molar-refractivity contribution in [2.45, 2.75) is 26.2 Å². The molecule has 0 saturated heterocycles. The number of carbonyl (C=O) groups is 3. The predicted molar refractivity (Wildman–Crippen MR) is 50.3 cm³/mol. The van der Waals surface area contributed by atoms with Crippen molar-refractivity contribution >= 4 is 17.5 Å². The van der Waals surface area contributed by atoms with Gasteiger partial charge in [-0.1, -0.05) is 6.92 Å². The SMILES string of the molecule is CCC(O)=C1C(=O)CC(C(=O)O)CC1=O. The number of carboxylic acid groups (broad SMARTS) is 1. The third-order valence-corrected chi connectivity index (χ3v) is 2.39. The van der Waals surface area contributed by atoms with Gasteiger partial charge in [0.2, 0.25) is 0 Å². The van der Waals surface area contributed by atoms with E-state index in [1.54, 1.807) is 6.92 Å². The van der Waals surface area contributed by atoms with Gasteiger partial charge in [-0.2, -0.15) is 0 Å². The fourth-order valence-corrected chi connectivity index (χ4v) is 1.55. The molecule has 2 N–H and O–H groups in total. The van der Waals surface area contributed by atoms with Gasteiger partial charge in [-0.05, 0) is 0 Å². The minimum Gasteiger partial charge on any atom is -0.511 e. The minimum absolute atomic E-state index is 0.199. The summed E-state index contributed by atoms with van der Waals surface area (Å²) in [7, 11) is 0. The first-order valence-electron chi connectivity index (χ1n) is 4.68. The van der Waals surface area contributed by atoms with Crippen LogP contribution < -0.4 is 0 Å². The van der Waals surface area contributed by atoms with Crippen LogP contribution in [0.15, 0.2) is 11.3 Å². The van der Waals surface area contributed by atoms with Crippen molar-refractivity contribution in [2.75, 3.05) is 0 Å². The van der Waals surface area contributed by atoms with Gasteiger partial charge in [-0.3, -0.25) is 14.4 Å². The Morgan fingerprint density at radius 2 is 1.73 bits per heavy atom. The number of Topliss-reactive ketones (excluding diaryl/α,β-unsaturated/α-hetero) is 2. The third kappa shape index (κ3) is 2.23. The number of carbonyl (C=O) groups excluding carboxylic acids is 2. The van der Waals surface area contributed by atoms with E-state index in [0.29, 0.717) is 0 Å². The Morgan fingerprint density at radius 3 is 2.07 bits per heavy atom. The summed E-state index contributed by atoms with van der Waals surface area (Å²) in [5.74, 6) is -3.48. The molecule has 0 radical (unpaired) electrons. The first-order chi connectivity index (χ1) is 6.97. The van der Waals surface area contributed by atoms with Crippen LogP contribution in [0.1, 0.15) is 26.2 Å². The van der Waals surface area contributed by atoms with Crippen LogP contribution in [0.4, 0.5) is 0 Å². The number of hydrogen-bond donors (Lipinski definition) is 2. The summed E-state index contributed by atoms with van der Waals surface area (Å²) in [6, 6.07) is 0. The maximum atomic E-state index is 11.4. The highest BCUT2D eigenvalue weighted by molar-refractivity contribution is 6.23. The highest BCUT2D eigenvalue weighted by atomic mass is 16.4. The lowest BCUT2D eigenvalue weighted by atomic mass is 9.83. The molecule has 0 unspecified atom stereocenters. The molecule has 1 saturated carbocycles. The molecule has 0 atom stereocenters. The van der Waals surface area contributed by atoms with Gasteiger partial charge in [0.15, 0.2) is 11.6 Å². The van der Waals surface area contributed by atoms with Crippen LogP contribution in [-0.4, -0.2) is 27.7 Å². The topological polar surface area (TPSA) is 91.7 Å². The maximum absolute atomic E-state index is 11.4. The quantitative estimate of drug-likeness (QED) is 0.402. The van der Waals surface area contributed by atoms with Crippen LogP contribution in [0.25, 0.3) is 0 Å². The van der Waals surface area contributed by atoms with E-state index in [1.165, 1.54) is 0 Å². The highest BCUT2D eigenvalue weighted by Gasteiger charge is 2.36. The molecule has 0 bridgehead atoms. The second-order valence-corrected chi connectivity index (χ2v) is 3.47. The lowest BCUT2D eigenvalue weighted by Gasteiger charge is -2.18. The van der Waals surface area contributed by atoms with Crippen molar-refractivity contribution in [1.82, 2.24) is 0 Å². The molecule has 1 aliphatic rings. The van der Waals surface area contributed by atoms with Gasteiger partial charge in [0.25, 0.3) is 0 Å². The van der Waals surface area contributed by atoms with E-state index < -0.39 is 23.5 Å². The smallest absolute Gasteiger partial charge is 0.307 e. The van der Waals surface area contributed by atoms with Gasteiger partial charge < -0.3 is 10.2 Å². The number of aliphatic hydroxyl groups excluding tert-OH is 1. The maximum Gasteiger partial charge on any atom is 0.307 e. The molecule has 0 aromatic rings. The lowest BCUT2D eigenvalue weighted by molar-refractivity contribution is -0.146. The molecule has 0 aromatic heterocycles. The molecule has 82 valence electrons. The van der Waals surface area contributed by atoms with E-state index in [9.17, 15) is 19.5 Å². The van der Waals surface area contributed by atoms with E-state index in [1.807, 2.05) is 0 Å². The summed E-state index contributed by atoms with van der Waals surface area (Å²) in [5, 5.41) is 18.0. The largest absolute Gasteiger partial charge is 0.511 e. The molecule has 5 nitrogen and oxygen atoms in total. The molecule has 0 heterocycles. The van der Waals surface area contributed by atoms with Crippen LogP contribution in [0.3, 0.4) is 0 Å². The van der Waals surface area contributed by atoms with Crippen LogP contribution in [0, 0.1) is 5.92 Å². The van der Waals surface area contributed by atoms with E-state index in [2.05, 4.69) is 0 Å². The second-order valence-electron chi connectivity index (χ2n) is 3.47. The van der Waals surface area contributed by atoms with Gasteiger partial charge in [-0.15, -0.1) is 0 Å². The lowest BCUT2D eigenvalue weighted by Crippen LogP contribution is -2.31. The van der Waals surface area contributed by atoms with E-state index in [0.717, 1.165) is 0 Å². The molecule has 1 fully saturated rings. The van der Waals surface area contributed by atoms with Crippen LogP contribution in [0.5, 0.6) is 0 Å². The molecular weight excluding hydrogens is 200 g/mol. The minimum atomic E-state index is -1.15. The molecule has 1 rings (SSSR count). The van der Waals surface area contributed by atoms with Crippen molar-refractivity contribution in [2.24, 2.45) is 5.92 Å². The zero-order valence-electron chi connectivity index (χ0n) is 8.32. The van der Waals surface area contributed by atoms with Gasteiger partial charge in [0.05, 0.1) is 11.5 Å². The third-order valence-electron chi connectivity index (χ3n) is 2.39. The number of aliphatic hydroxyl groups is 1. The molecule has 0 aromatic carbocycles.